The number of rotatable bonds is 6. The van der Waals surface area contributed by atoms with Crippen LogP contribution in [0.2, 0.25) is 5.02 Å². The van der Waals surface area contributed by atoms with E-state index in [0.717, 1.165) is 40.0 Å². The molecule has 0 saturated carbocycles. The van der Waals surface area contributed by atoms with Crippen molar-refractivity contribution in [2.75, 3.05) is 7.11 Å². The molecule has 2 aromatic carbocycles. The summed E-state index contributed by atoms with van der Waals surface area (Å²) in [7, 11) is 1.67. The van der Waals surface area contributed by atoms with Crippen LogP contribution < -0.4 is 22.5 Å². The average Bonchev–Trinajstić information content (AvgIpc) is 3.07. The highest BCUT2D eigenvalue weighted by atomic mass is 35.5. The van der Waals surface area contributed by atoms with Crippen LogP contribution in [0.5, 0.6) is 5.75 Å². The fraction of sp³-hybridized carbons (Fsp3) is 0.200. The number of ether oxygens (including phenoxy) is 1. The van der Waals surface area contributed by atoms with Gasteiger partial charge in [-0.1, -0.05) is 35.9 Å². The van der Waals surface area contributed by atoms with Gasteiger partial charge >= 0.3 is 0 Å². The Bertz CT molecular complexity index is 813. The van der Waals surface area contributed by atoms with E-state index in [4.69, 9.17) is 20.8 Å². The van der Waals surface area contributed by atoms with Gasteiger partial charge in [0, 0.05) is 17.1 Å². The second-order valence-electron chi connectivity index (χ2n) is 5.68. The van der Waals surface area contributed by atoms with Gasteiger partial charge in [-0.25, -0.2) is 0 Å². The molecule has 0 saturated heterocycles. The fourth-order valence-corrected chi connectivity index (χ4v) is 2.63. The summed E-state index contributed by atoms with van der Waals surface area (Å²) in [6, 6.07) is 17.9. The molecule has 0 aliphatic carbocycles. The number of aryl methyl sites for hydroxylation is 1. The highest BCUT2D eigenvalue weighted by Gasteiger charge is 2.06. The molecule has 3 aromatic rings. The molecule has 0 radical (unpaired) electrons. The monoisotopic (exact) mass is 376 g/mol. The van der Waals surface area contributed by atoms with Crippen molar-refractivity contribution < 1.29 is 21.6 Å². The number of nitrogens with one attached hydrogen (secondary N) is 1. The summed E-state index contributed by atoms with van der Waals surface area (Å²) in [5.74, 6) is 2.60. The first-order valence-corrected chi connectivity index (χ1v) is 8.22. The van der Waals surface area contributed by atoms with Crippen LogP contribution in [0.25, 0.3) is 11.3 Å². The van der Waals surface area contributed by atoms with E-state index in [0.29, 0.717) is 6.54 Å². The second kappa shape index (κ2) is 8.95. The van der Waals surface area contributed by atoms with Gasteiger partial charge in [0.2, 0.25) is 0 Å². The molecule has 1 N–H and O–H groups in total. The van der Waals surface area contributed by atoms with E-state index >= 15 is 0 Å². The van der Waals surface area contributed by atoms with Crippen molar-refractivity contribution in [1.82, 2.24) is 5.32 Å². The van der Waals surface area contributed by atoms with E-state index < -0.39 is 0 Å². The number of furan rings is 1. The van der Waals surface area contributed by atoms with Gasteiger partial charge in [-0.2, -0.15) is 0 Å². The van der Waals surface area contributed by atoms with Crippen LogP contribution >= 0.6 is 11.6 Å². The minimum absolute atomic E-state index is 0. The van der Waals surface area contributed by atoms with Gasteiger partial charge in [-0.05, 0) is 48.4 Å². The molecular weight excluding hydrogens is 357 g/mol. The molecule has 0 aliphatic rings. The van der Waals surface area contributed by atoms with E-state index in [1.165, 1.54) is 5.56 Å². The molecular formula is C20H20Cl2NO2-. The Hall–Kier alpha value is -1.94. The van der Waals surface area contributed by atoms with E-state index in [2.05, 4.69) is 5.32 Å². The van der Waals surface area contributed by atoms with Crippen LogP contribution in [-0.2, 0) is 13.1 Å². The van der Waals surface area contributed by atoms with Crippen molar-refractivity contribution in [3.63, 3.8) is 0 Å². The molecule has 0 fully saturated rings. The van der Waals surface area contributed by atoms with E-state index in [-0.39, 0.29) is 12.4 Å². The first-order valence-electron chi connectivity index (χ1n) is 7.84. The summed E-state index contributed by atoms with van der Waals surface area (Å²) in [5.41, 5.74) is 3.26. The molecule has 0 bridgehead atoms. The molecule has 3 rings (SSSR count). The Morgan fingerprint density at radius 1 is 1.00 bits per heavy atom. The van der Waals surface area contributed by atoms with Crippen molar-refractivity contribution in [3.8, 4) is 17.1 Å². The summed E-state index contributed by atoms with van der Waals surface area (Å²) in [4.78, 5) is 0. The van der Waals surface area contributed by atoms with Gasteiger partial charge < -0.3 is 26.9 Å². The Balaban J connectivity index is 0.00000225. The Morgan fingerprint density at radius 3 is 2.44 bits per heavy atom. The Labute approximate surface area is 159 Å². The van der Waals surface area contributed by atoms with E-state index in [9.17, 15) is 0 Å². The van der Waals surface area contributed by atoms with Gasteiger partial charge in [-0.15, -0.1) is 0 Å². The minimum atomic E-state index is 0. The SMILES string of the molecule is COc1ccc(CNCc2ccc(-c3ccc(C)c(Cl)c3)o2)cc1.[Cl-]. The molecule has 3 nitrogen and oxygen atoms in total. The number of halogens is 2. The molecule has 132 valence electrons. The normalized spacial score (nSPS) is 10.4. The maximum atomic E-state index is 6.18. The highest BCUT2D eigenvalue weighted by Crippen LogP contribution is 2.26. The largest absolute Gasteiger partial charge is 1.00 e. The number of hydrogen-bond acceptors (Lipinski definition) is 3. The lowest BCUT2D eigenvalue weighted by Crippen LogP contribution is -3.00. The van der Waals surface area contributed by atoms with Gasteiger partial charge in [0.05, 0.1) is 13.7 Å². The third-order valence-corrected chi connectivity index (χ3v) is 4.31. The first kappa shape index (κ1) is 19.4. The van der Waals surface area contributed by atoms with Gasteiger partial charge in [0.15, 0.2) is 0 Å². The molecule has 0 spiro atoms. The predicted octanol–water partition coefficient (Wildman–Crippen LogP) is 2.21. The summed E-state index contributed by atoms with van der Waals surface area (Å²) in [6.07, 6.45) is 0. The summed E-state index contributed by atoms with van der Waals surface area (Å²) in [6.45, 7) is 3.44. The Morgan fingerprint density at radius 2 is 1.76 bits per heavy atom. The molecule has 5 heteroatoms. The predicted molar refractivity (Wildman–Crippen MR) is 97.4 cm³/mol. The number of methoxy groups -OCH3 is 1. The lowest BCUT2D eigenvalue weighted by atomic mass is 10.1. The van der Waals surface area contributed by atoms with Gasteiger partial charge in [-0.3, -0.25) is 0 Å². The summed E-state index contributed by atoms with van der Waals surface area (Å²) < 4.78 is 11.1. The van der Waals surface area contributed by atoms with Crippen molar-refractivity contribution in [1.29, 1.82) is 0 Å². The van der Waals surface area contributed by atoms with Crippen LogP contribution in [0.4, 0.5) is 0 Å². The number of benzene rings is 2. The van der Waals surface area contributed by atoms with Crippen LogP contribution in [0.15, 0.2) is 59.0 Å². The van der Waals surface area contributed by atoms with E-state index in [1.807, 2.05) is 61.5 Å². The minimum Gasteiger partial charge on any atom is -1.00 e. The van der Waals surface area contributed by atoms with Crippen LogP contribution in [0, 0.1) is 6.92 Å². The quantitative estimate of drug-likeness (QED) is 0.716. The zero-order valence-electron chi connectivity index (χ0n) is 14.2. The summed E-state index contributed by atoms with van der Waals surface area (Å²) in [5, 5.41) is 4.13. The molecule has 0 unspecified atom stereocenters. The standard InChI is InChI=1S/C20H20ClNO2.ClH/c1-14-3-6-16(11-19(14)21)20-10-9-18(24-20)13-22-12-15-4-7-17(23-2)8-5-15;/h3-11,22H,12-13H2,1-2H3;1H/p-1. The van der Waals surface area contributed by atoms with Gasteiger partial charge in [0.25, 0.3) is 0 Å². The third kappa shape index (κ3) is 5.02. The van der Waals surface area contributed by atoms with E-state index in [1.54, 1.807) is 7.11 Å². The smallest absolute Gasteiger partial charge is 0.134 e. The zero-order valence-corrected chi connectivity index (χ0v) is 15.7. The lowest BCUT2D eigenvalue weighted by Gasteiger charge is -2.05. The van der Waals surface area contributed by atoms with Crippen LogP contribution in [-0.4, -0.2) is 7.11 Å². The van der Waals surface area contributed by atoms with Crippen LogP contribution in [0.1, 0.15) is 16.9 Å². The third-order valence-electron chi connectivity index (χ3n) is 3.91. The fourth-order valence-electron chi connectivity index (χ4n) is 2.45. The molecule has 1 heterocycles. The van der Waals surface area contributed by atoms with Crippen molar-refractivity contribution in [3.05, 3.63) is 76.5 Å². The average molecular weight is 377 g/mol. The van der Waals surface area contributed by atoms with Crippen LogP contribution in [0.3, 0.4) is 0 Å². The van der Waals surface area contributed by atoms with Gasteiger partial charge in [0.1, 0.15) is 17.3 Å². The molecule has 1 aromatic heterocycles. The zero-order chi connectivity index (χ0) is 16.9. The first-order chi connectivity index (χ1) is 11.7. The maximum absolute atomic E-state index is 6.18. The molecule has 25 heavy (non-hydrogen) atoms. The maximum Gasteiger partial charge on any atom is 0.134 e. The summed E-state index contributed by atoms with van der Waals surface area (Å²) >= 11 is 6.18. The molecule has 0 amide bonds. The molecule has 0 aliphatic heterocycles. The number of hydrogen-bond donors (Lipinski definition) is 1. The van der Waals surface area contributed by atoms with Crippen molar-refractivity contribution in [2.24, 2.45) is 0 Å². The molecule has 0 atom stereocenters. The topological polar surface area (TPSA) is 34.4 Å². The Kier molecular flexibility index (Phi) is 6.94. The lowest BCUT2D eigenvalue weighted by molar-refractivity contribution is -0.00000571. The highest BCUT2D eigenvalue weighted by molar-refractivity contribution is 6.31. The van der Waals surface area contributed by atoms with Crippen molar-refractivity contribution in [2.45, 2.75) is 20.0 Å². The second-order valence-corrected chi connectivity index (χ2v) is 6.09. The van der Waals surface area contributed by atoms with Crippen molar-refractivity contribution >= 4 is 11.6 Å².